The van der Waals surface area contributed by atoms with Crippen molar-refractivity contribution >= 4 is 49.1 Å². The lowest BCUT2D eigenvalue weighted by Gasteiger charge is -2.47. The van der Waals surface area contributed by atoms with Crippen LogP contribution in [0.15, 0.2) is 41.8 Å². The monoisotopic (exact) mass is 617 g/mol. The Hall–Kier alpha value is -3.43. The highest BCUT2D eigenvalue weighted by atomic mass is 32.2. The molecule has 11 nitrogen and oxygen atoms in total. The highest BCUT2D eigenvalue weighted by Gasteiger charge is 2.41. The van der Waals surface area contributed by atoms with Gasteiger partial charge in [0, 0.05) is 50.2 Å². The minimum absolute atomic E-state index is 0.0458. The molecule has 4 heterocycles. The van der Waals surface area contributed by atoms with Gasteiger partial charge in [-0.15, -0.1) is 10.2 Å². The second kappa shape index (κ2) is 10.1. The van der Waals surface area contributed by atoms with E-state index in [-0.39, 0.29) is 22.1 Å². The largest absolute Gasteiger partial charge is 0.365 e. The maximum Gasteiger partial charge on any atom is 0.291 e. The van der Waals surface area contributed by atoms with Gasteiger partial charge in [0.15, 0.2) is 10.7 Å². The summed E-state index contributed by atoms with van der Waals surface area (Å²) >= 11 is 0.741. The molecule has 42 heavy (non-hydrogen) atoms. The van der Waals surface area contributed by atoms with Gasteiger partial charge in [0.05, 0.1) is 21.6 Å². The van der Waals surface area contributed by atoms with Crippen molar-refractivity contribution in [1.29, 1.82) is 0 Å². The van der Waals surface area contributed by atoms with E-state index in [0.717, 1.165) is 30.0 Å². The number of sulfonamides is 1. The number of piperazine rings is 1. The van der Waals surface area contributed by atoms with Crippen LogP contribution in [0.5, 0.6) is 0 Å². The standard InChI is InChI=1S/C27H33F2N9O2S2/c1-15-13-37(16(2)12-36(15)17(3)35(5)6)23-21-19-8-7-18(42(39,40)34-27(4)9-10-27)11-20(19)38(24(21)31-14-30-23)26-33-32-25(41-26)22(28)29/h7-8,11,14-16,22,34H,3,9-10,12-13H2,1-2,4-6H3/t15-,16+/m0/s1. The molecule has 0 amide bonds. The van der Waals surface area contributed by atoms with E-state index in [1.54, 1.807) is 22.8 Å². The van der Waals surface area contributed by atoms with Gasteiger partial charge in [-0.3, -0.25) is 4.57 Å². The van der Waals surface area contributed by atoms with Crippen LogP contribution in [-0.2, 0) is 10.0 Å². The topological polar surface area (TPSA) is 112 Å². The molecule has 1 saturated heterocycles. The summed E-state index contributed by atoms with van der Waals surface area (Å²) in [6, 6.07) is 5.01. The number of anilines is 1. The number of aromatic nitrogens is 5. The first kappa shape index (κ1) is 28.7. The molecule has 0 unspecified atom stereocenters. The van der Waals surface area contributed by atoms with Crippen LogP contribution < -0.4 is 9.62 Å². The normalized spacial score (nSPS) is 20.6. The van der Waals surface area contributed by atoms with Gasteiger partial charge < -0.3 is 14.7 Å². The van der Waals surface area contributed by atoms with E-state index in [1.165, 1.54) is 6.33 Å². The number of hydrogen-bond acceptors (Lipinski definition) is 10. The molecular formula is C27H33F2N9O2S2. The van der Waals surface area contributed by atoms with Crippen LogP contribution in [0.2, 0.25) is 0 Å². The molecule has 0 radical (unpaired) electrons. The zero-order valence-corrected chi connectivity index (χ0v) is 25.7. The Balaban J connectivity index is 1.53. The van der Waals surface area contributed by atoms with Crippen molar-refractivity contribution < 1.29 is 17.2 Å². The SMILES string of the molecule is C=C(N(C)C)N1C[C@@H](C)N(c2ncnc3c2c2ccc(S(=O)(=O)NC4(C)CC4)cc2n3-c2nnc(C(F)F)s2)C[C@@H]1C. The Kier molecular flexibility index (Phi) is 6.89. The van der Waals surface area contributed by atoms with E-state index < -0.39 is 27.0 Å². The van der Waals surface area contributed by atoms with Crippen LogP contribution in [0.4, 0.5) is 14.6 Å². The molecule has 2 aliphatic rings. The summed E-state index contributed by atoms with van der Waals surface area (Å²) in [7, 11) is 0.0983. The van der Waals surface area contributed by atoms with E-state index in [4.69, 9.17) is 4.98 Å². The Morgan fingerprint density at radius 3 is 2.55 bits per heavy atom. The van der Waals surface area contributed by atoms with Crippen LogP contribution in [0, 0.1) is 0 Å². The number of rotatable bonds is 8. The molecule has 1 aliphatic heterocycles. The number of hydrogen-bond donors (Lipinski definition) is 1. The van der Waals surface area contributed by atoms with Crippen molar-refractivity contribution in [1.82, 2.24) is 39.3 Å². The fraction of sp³-hybridized carbons (Fsp3) is 0.481. The molecule has 15 heteroatoms. The maximum atomic E-state index is 13.5. The Bertz CT molecular complexity index is 1800. The Morgan fingerprint density at radius 1 is 1.17 bits per heavy atom. The van der Waals surface area contributed by atoms with Crippen LogP contribution in [0.1, 0.15) is 45.0 Å². The fourth-order valence-electron chi connectivity index (χ4n) is 5.49. The summed E-state index contributed by atoms with van der Waals surface area (Å²) in [5, 5.41) is 8.84. The van der Waals surface area contributed by atoms with Crippen molar-refractivity contribution in [3.63, 3.8) is 0 Å². The second-order valence-corrected chi connectivity index (χ2v) is 14.3. The van der Waals surface area contributed by atoms with E-state index in [2.05, 4.69) is 50.1 Å². The minimum atomic E-state index is -3.84. The number of nitrogens with zero attached hydrogens (tertiary/aromatic N) is 8. The van der Waals surface area contributed by atoms with Gasteiger partial charge in [0.1, 0.15) is 12.1 Å². The highest BCUT2D eigenvalue weighted by molar-refractivity contribution is 7.89. The number of benzene rings is 1. The summed E-state index contributed by atoms with van der Waals surface area (Å²) < 4.78 is 58.1. The van der Waals surface area contributed by atoms with E-state index in [1.807, 2.05) is 25.9 Å². The average Bonchev–Trinajstić information content (AvgIpc) is 3.32. The molecule has 2 fully saturated rings. The number of halogens is 2. The quantitative estimate of drug-likeness (QED) is 0.312. The molecular weight excluding hydrogens is 584 g/mol. The first-order valence-corrected chi connectivity index (χ1v) is 15.9. The average molecular weight is 618 g/mol. The van der Waals surface area contributed by atoms with Gasteiger partial charge in [-0.1, -0.05) is 24.0 Å². The third-order valence-corrected chi connectivity index (χ3v) is 10.7. The van der Waals surface area contributed by atoms with Crippen molar-refractivity contribution in [2.45, 2.75) is 62.6 Å². The molecule has 1 saturated carbocycles. The van der Waals surface area contributed by atoms with Gasteiger partial charge in [0.25, 0.3) is 6.43 Å². The minimum Gasteiger partial charge on any atom is -0.365 e. The summed E-state index contributed by atoms with van der Waals surface area (Å²) in [6.07, 6.45) is 0.184. The van der Waals surface area contributed by atoms with Crippen molar-refractivity contribution in [2.24, 2.45) is 0 Å². The van der Waals surface area contributed by atoms with Gasteiger partial charge in [0.2, 0.25) is 15.2 Å². The lowest BCUT2D eigenvalue weighted by atomic mass is 10.1. The Labute approximate surface area is 246 Å². The number of nitrogens with one attached hydrogen (secondary N) is 1. The highest BCUT2D eigenvalue weighted by Crippen LogP contribution is 2.40. The molecule has 224 valence electrons. The Morgan fingerprint density at radius 2 is 1.90 bits per heavy atom. The third kappa shape index (κ3) is 4.86. The predicted octanol–water partition coefficient (Wildman–Crippen LogP) is 4.13. The zero-order chi connectivity index (χ0) is 30.1. The summed E-state index contributed by atoms with van der Waals surface area (Å²) in [4.78, 5) is 15.8. The van der Waals surface area contributed by atoms with E-state index >= 15 is 0 Å². The number of fused-ring (bicyclic) bond motifs is 3. The van der Waals surface area contributed by atoms with Gasteiger partial charge >= 0.3 is 0 Å². The van der Waals surface area contributed by atoms with Gasteiger partial charge in [-0.2, -0.15) is 0 Å². The van der Waals surface area contributed by atoms with Crippen LogP contribution in [-0.4, -0.2) is 87.8 Å². The van der Waals surface area contributed by atoms with Gasteiger partial charge in [-0.25, -0.2) is 31.9 Å². The number of alkyl halides is 2. The van der Waals surface area contributed by atoms with Crippen molar-refractivity contribution in [2.75, 3.05) is 32.1 Å². The van der Waals surface area contributed by atoms with Crippen LogP contribution >= 0.6 is 11.3 Å². The summed E-state index contributed by atoms with van der Waals surface area (Å²) in [5.41, 5.74) is 0.439. The summed E-state index contributed by atoms with van der Waals surface area (Å²) in [5.74, 6) is 1.60. The third-order valence-electron chi connectivity index (χ3n) is 8.10. The molecule has 6 rings (SSSR count). The van der Waals surface area contributed by atoms with E-state index in [9.17, 15) is 17.2 Å². The zero-order valence-electron chi connectivity index (χ0n) is 24.0. The second-order valence-electron chi connectivity index (χ2n) is 11.6. The first-order valence-electron chi connectivity index (χ1n) is 13.6. The molecule has 2 atom stereocenters. The molecule has 4 aromatic rings. The van der Waals surface area contributed by atoms with Crippen molar-refractivity contribution in [3.8, 4) is 5.13 Å². The van der Waals surface area contributed by atoms with Crippen LogP contribution in [0.3, 0.4) is 0 Å². The van der Waals surface area contributed by atoms with Crippen molar-refractivity contribution in [3.05, 3.63) is 41.9 Å². The van der Waals surface area contributed by atoms with Crippen LogP contribution in [0.25, 0.3) is 27.1 Å². The molecule has 0 spiro atoms. The molecule has 1 aliphatic carbocycles. The smallest absolute Gasteiger partial charge is 0.291 e. The lowest BCUT2D eigenvalue weighted by molar-refractivity contribution is 0.150. The van der Waals surface area contributed by atoms with E-state index in [0.29, 0.717) is 40.8 Å². The fourth-order valence-corrected chi connectivity index (χ4v) is 7.69. The lowest BCUT2D eigenvalue weighted by Crippen LogP contribution is -2.57. The first-order chi connectivity index (χ1) is 19.8. The molecule has 0 bridgehead atoms. The summed E-state index contributed by atoms with van der Waals surface area (Å²) in [6.45, 7) is 11.7. The molecule has 1 N–H and O–H groups in total. The predicted molar refractivity (Wildman–Crippen MR) is 159 cm³/mol. The molecule has 3 aromatic heterocycles. The maximum absolute atomic E-state index is 13.5. The van der Waals surface area contributed by atoms with Gasteiger partial charge in [-0.05, 0) is 45.7 Å². The molecule has 1 aromatic carbocycles.